The highest BCUT2D eigenvalue weighted by Crippen LogP contribution is 2.28. The fourth-order valence-electron chi connectivity index (χ4n) is 2.12. The Bertz CT molecular complexity index is 469. The Morgan fingerprint density at radius 1 is 1.52 bits per heavy atom. The summed E-state index contributed by atoms with van der Waals surface area (Å²) in [6, 6.07) is 0. The van der Waals surface area contributed by atoms with E-state index in [0.29, 0.717) is 18.7 Å². The van der Waals surface area contributed by atoms with E-state index >= 15 is 0 Å². The third-order valence-corrected chi connectivity index (χ3v) is 3.64. The summed E-state index contributed by atoms with van der Waals surface area (Å²) in [6.45, 7) is 5.26. The third-order valence-electron chi connectivity index (χ3n) is 3.64. The molecule has 0 amide bonds. The monoisotopic (exact) mass is 295 g/mol. The van der Waals surface area contributed by atoms with Crippen LogP contribution in [0.3, 0.4) is 0 Å². The van der Waals surface area contributed by atoms with Crippen LogP contribution in [0.1, 0.15) is 35.8 Å². The summed E-state index contributed by atoms with van der Waals surface area (Å²) >= 11 is 0. The van der Waals surface area contributed by atoms with Crippen molar-refractivity contribution in [3.63, 3.8) is 0 Å². The first-order valence-corrected chi connectivity index (χ1v) is 7.56. The Morgan fingerprint density at radius 3 is 2.95 bits per heavy atom. The average molecular weight is 295 g/mol. The van der Waals surface area contributed by atoms with Gasteiger partial charge in [0.2, 0.25) is 0 Å². The van der Waals surface area contributed by atoms with Crippen LogP contribution >= 0.6 is 0 Å². The molecule has 0 bridgehead atoms. The first-order valence-electron chi connectivity index (χ1n) is 7.56. The van der Waals surface area contributed by atoms with E-state index in [-0.39, 0.29) is 5.97 Å². The van der Waals surface area contributed by atoms with Crippen LogP contribution in [0.15, 0.2) is 6.20 Å². The minimum Gasteiger partial charge on any atom is -0.462 e. The molecule has 0 spiro atoms. The van der Waals surface area contributed by atoms with Crippen molar-refractivity contribution >= 4 is 5.97 Å². The molecule has 6 nitrogen and oxygen atoms in total. The quantitative estimate of drug-likeness (QED) is 0.510. The van der Waals surface area contributed by atoms with Crippen LogP contribution in [-0.2, 0) is 23.1 Å². The van der Waals surface area contributed by atoms with E-state index in [1.54, 1.807) is 17.8 Å². The van der Waals surface area contributed by atoms with Gasteiger partial charge in [0.05, 0.1) is 25.1 Å². The smallest absolute Gasteiger partial charge is 0.341 e. The van der Waals surface area contributed by atoms with Gasteiger partial charge in [-0.15, -0.1) is 0 Å². The molecule has 1 aliphatic rings. The molecular weight excluding hydrogens is 270 g/mol. The van der Waals surface area contributed by atoms with Crippen molar-refractivity contribution in [1.82, 2.24) is 14.7 Å². The van der Waals surface area contributed by atoms with Crippen LogP contribution < -0.4 is 0 Å². The van der Waals surface area contributed by atoms with Crippen molar-refractivity contribution in [2.45, 2.75) is 26.3 Å². The highest BCUT2D eigenvalue weighted by molar-refractivity contribution is 5.90. The molecule has 21 heavy (non-hydrogen) atoms. The predicted molar refractivity (Wildman–Crippen MR) is 79.0 cm³/mol. The summed E-state index contributed by atoms with van der Waals surface area (Å²) in [5, 5.41) is 4.16. The number of aryl methyl sites for hydroxylation is 1. The summed E-state index contributed by atoms with van der Waals surface area (Å²) in [7, 11) is 3.86. The van der Waals surface area contributed by atoms with Crippen LogP contribution in [-0.4, -0.2) is 54.1 Å². The molecule has 0 aliphatic heterocycles. The molecule has 6 heteroatoms. The van der Waals surface area contributed by atoms with Crippen LogP contribution in [0.5, 0.6) is 0 Å². The zero-order valence-corrected chi connectivity index (χ0v) is 13.2. The lowest BCUT2D eigenvalue weighted by Crippen LogP contribution is -2.25. The van der Waals surface area contributed by atoms with E-state index in [4.69, 9.17) is 9.47 Å². The Kier molecular flexibility index (Phi) is 5.76. The molecule has 0 saturated heterocycles. The molecule has 1 heterocycles. The number of esters is 1. The summed E-state index contributed by atoms with van der Waals surface area (Å²) in [4.78, 5) is 14.0. The number of rotatable bonds is 9. The van der Waals surface area contributed by atoms with E-state index in [0.717, 1.165) is 31.4 Å². The van der Waals surface area contributed by atoms with E-state index in [9.17, 15) is 4.79 Å². The normalized spacial score (nSPS) is 14.7. The van der Waals surface area contributed by atoms with Crippen LogP contribution in [0, 0.1) is 5.92 Å². The second kappa shape index (κ2) is 7.56. The number of carbonyl (C=O) groups is 1. The van der Waals surface area contributed by atoms with E-state index < -0.39 is 0 Å². The molecule has 1 fully saturated rings. The Morgan fingerprint density at radius 2 is 2.29 bits per heavy atom. The summed E-state index contributed by atoms with van der Waals surface area (Å²) < 4.78 is 12.4. The van der Waals surface area contributed by atoms with Gasteiger partial charge in [0.25, 0.3) is 0 Å². The van der Waals surface area contributed by atoms with Gasteiger partial charge < -0.3 is 9.47 Å². The summed E-state index contributed by atoms with van der Waals surface area (Å²) in [5.74, 6) is 0.488. The number of nitrogens with zero attached hydrogens (tertiary/aromatic N) is 3. The molecule has 1 aromatic heterocycles. The van der Waals surface area contributed by atoms with Crippen molar-refractivity contribution in [3.8, 4) is 0 Å². The van der Waals surface area contributed by atoms with Crippen molar-refractivity contribution < 1.29 is 14.3 Å². The van der Waals surface area contributed by atoms with Crippen molar-refractivity contribution in [3.05, 3.63) is 17.5 Å². The number of likely N-dealkylation sites (N-methyl/N-ethyl adjacent to an activating group) is 1. The maximum Gasteiger partial charge on any atom is 0.341 e. The van der Waals surface area contributed by atoms with Gasteiger partial charge in [-0.3, -0.25) is 9.58 Å². The lowest BCUT2D eigenvalue weighted by Gasteiger charge is -2.17. The number of carbonyl (C=O) groups excluding carboxylic acids is 1. The Hall–Kier alpha value is -1.40. The zero-order chi connectivity index (χ0) is 15.2. The standard InChI is InChI=1S/C15H25N3O3/c1-4-21-15(19)13-9-16-18(3)14(13)10-17(2)7-8-20-11-12-5-6-12/h9,12H,4-8,10-11H2,1-3H3. The van der Waals surface area contributed by atoms with Gasteiger partial charge >= 0.3 is 5.97 Å². The maximum atomic E-state index is 11.9. The van der Waals surface area contributed by atoms with Crippen molar-refractivity contribution in [2.24, 2.45) is 13.0 Å². The molecule has 1 saturated carbocycles. The predicted octanol–water partition coefficient (Wildman–Crippen LogP) is 1.46. The zero-order valence-electron chi connectivity index (χ0n) is 13.2. The van der Waals surface area contributed by atoms with Crippen LogP contribution in [0.2, 0.25) is 0 Å². The van der Waals surface area contributed by atoms with Crippen LogP contribution in [0.4, 0.5) is 0 Å². The minimum atomic E-state index is -0.306. The number of hydrogen-bond donors (Lipinski definition) is 0. The fourth-order valence-corrected chi connectivity index (χ4v) is 2.12. The minimum absolute atomic E-state index is 0.306. The van der Waals surface area contributed by atoms with Gasteiger partial charge in [-0.2, -0.15) is 5.10 Å². The highest BCUT2D eigenvalue weighted by atomic mass is 16.5. The summed E-state index contributed by atoms with van der Waals surface area (Å²) in [5.41, 5.74) is 1.42. The number of ether oxygens (including phenoxy) is 2. The lowest BCUT2D eigenvalue weighted by molar-refractivity contribution is 0.0523. The first-order chi connectivity index (χ1) is 10.1. The third kappa shape index (κ3) is 4.82. The molecule has 0 radical (unpaired) electrons. The van der Waals surface area contributed by atoms with E-state index in [1.165, 1.54) is 12.8 Å². The van der Waals surface area contributed by atoms with Gasteiger partial charge in [0.15, 0.2) is 0 Å². The Labute approximate surface area is 126 Å². The largest absolute Gasteiger partial charge is 0.462 e. The SMILES string of the molecule is CCOC(=O)c1cnn(C)c1CN(C)CCOCC1CC1. The first kappa shape index (κ1) is 16.0. The molecule has 2 rings (SSSR count). The molecule has 1 aromatic rings. The molecule has 118 valence electrons. The number of aromatic nitrogens is 2. The molecular formula is C15H25N3O3. The average Bonchev–Trinajstić information content (AvgIpc) is 3.20. The highest BCUT2D eigenvalue weighted by Gasteiger charge is 2.21. The van der Waals surface area contributed by atoms with Gasteiger partial charge in [-0.05, 0) is 32.7 Å². The van der Waals surface area contributed by atoms with E-state index in [1.807, 2.05) is 14.1 Å². The van der Waals surface area contributed by atoms with Gasteiger partial charge in [0.1, 0.15) is 5.56 Å². The molecule has 0 unspecified atom stereocenters. The van der Waals surface area contributed by atoms with Crippen LogP contribution in [0.25, 0.3) is 0 Å². The molecule has 0 atom stereocenters. The molecule has 0 N–H and O–H groups in total. The van der Waals surface area contributed by atoms with Gasteiger partial charge in [0, 0.05) is 26.7 Å². The fraction of sp³-hybridized carbons (Fsp3) is 0.733. The molecule has 1 aliphatic carbocycles. The van der Waals surface area contributed by atoms with Gasteiger partial charge in [-0.25, -0.2) is 4.79 Å². The Balaban J connectivity index is 1.82. The maximum absolute atomic E-state index is 11.9. The summed E-state index contributed by atoms with van der Waals surface area (Å²) in [6.07, 6.45) is 4.20. The van der Waals surface area contributed by atoms with E-state index in [2.05, 4.69) is 10.00 Å². The van der Waals surface area contributed by atoms with Crippen molar-refractivity contribution in [1.29, 1.82) is 0 Å². The van der Waals surface area contributed by atoms with Crippen molar-refractivity contribution in [2.75, 3.05) is 33.4 Å². The number of hydrogen-bond acceptors (Lipinski definition) is 5. The topological polar surface area (TPSA) is 56.6 Å². The second-order valence-corrected chi connectivity index (χ2v) is 5.61. The second-order valence-electron chi connectivity index (χ2n) is 5.61. The lowest BCUT2D eigenvalue weighted by atomic mass is 10.2. The molecule has 0 aromatic carbocycles. The van der Waals surface area contributed by atoms with Gasteiger partial charge in [-0.1, -0.05) is 0 Å².